The lowest BCUT2D eigenvalue weighted by atomic mass is 9.93. The smallest absolute Gasteiger partial charge is 0.183 e. The number of hydrogen-bond acceptors (Lipinski definition) is 3. The number of aliphatic imine (C=N–C) groups is 1. The molecule has 0 bridgehead atoms. The Balaban J connectivity index is 3.88. The van der Waals surface area contributed by atoms with Gasteiger partial charge >= 0.3 is 0 Å². The standard InChI is InChI=1S/C9H17N3S/c1-9(2,3)5-6-11-8(13-4)12-7-10/h5-6H2,1-4H3,(H,11,12). The van der Waals surface area contributed by atoms with Crippen LogP contribution in [0.25, 0.3) is 0 Å². The van der Waals surface area contributed by atoms with E-state index in [0.717, 1.165) is 13.0 Å². The van der Waals surface area contributed by atoms with Gasteiger partial charge in [0.25, 0.3) is 0 Å². The first-order valence-corrected chi connectivity index (χ1v) is 5.45. The molecule has 0 fully saturated rings. The minimum Gasteiger partial charge on any atom is -0.272 e. The number of thioether (sulfide) groups is 1. The van der Waals surface area contributed by atoms with Crippen LogP contribution in [0.4, 0.5) is 0 Å². The minimum atomic E-state index is 0.305. The Morgan fingerprint density at radius 1 is 1.54 bits per heavy atom. The molecule has 0 heterocycles. The van der Waals surface area contributed by atoms with Gasteiger partial charge in [0.1, 0.15) is 0 Å². The number of nitriles is 1. The molecule has 0 rings (SSSR count). The van der Waals surface area contributed by atoms with Crippen molar-refractivity contribution in [3.8, 4) is 6.19 Å². The first kappa shape index (κ1) is 12.3. The van der Waals surface area contributed by atoms with Crippen LogP contribution in [-0.2, 0) is 0 Å². The molecule has 0 aromatic rings. The van der Waals surface area contributed by atoms with E-state index in [1.54, 1.807) is 0 Å². The van der Waals surface area contributed by atoms with Crippen molar-refractivity contribution in [2.75, 3.05) is 12.8 Å². The predicted molar refractivity (Wildman–Crippen MR) is 58.6 cm³/mol. The summed E-state index contributed by atoms with van der Waals surface area (Å²) in [6, 6.07) is 0. The van der Waals surface area contributed by atoms with Crippen molar-refractivity contribution in [2.45, 2.75) is 27.2 Å². The molecule has 0 spiro atoms. The molecule has 0 aliphatic rings. The zero-order valence-corrected chi connectivity index (χ0v) is 9.53. The summed E-state index contributed by atoms with van der Waals surface area (Å²) in [6.07, 6.45) is 4.80. The Kier molecular flexibility index (Phi) is 5.56. The zero-order valence-electron chi connectivity index (χ0n) is 8.72. The highest BCUT2D eigenvalue weighted by Crippen LogP contribution is 2.18. The van der Waals surface area contributed by atoms with Gasteiger partial charge in [0, 0.05) is 6.54 Å². The lowest BCUT2D eigenvalue weighted by Gasteiger charge is -2.15. The highest BCUT2D eigenvalue weighted by atomic mass is 32.2. The normalized spacial score (nSPS) is 12.4. The van der Waals surface area contributed by atoms with Crippen molar-refractivity contribution in [1.82, 2.24) is 5.32 Å². The lowest BCUT2D eigenvalue weighted by molar-refractivity contribution is 0.385. The molecule has 0 saturated carbocycles. The van der Waals surface area contributed by atoms with Gasteiger partial charge in [-0.3, -0.25) is 10.3 Å². The summed E-state index contributed by atoms with van der Waals surface area (Å²) in [5.74, 6) is 0. The third kappa shape index (κ3) is 7.66. The fraction of sp³-hybridized carbons (Fsp3) is 0.778. The summed E-state index contributed by atoms with van der Waals surface area (Å²) in [5.41, 5.74) is 0.305. The maximum Gasteiger partial charge on any atom is 0.183 e. The van der Waals surface area contributed by atoms with E-state index in [9.17, 15) is 0 Å². The minimum absolute atomic E-state index is 0.305. The molecule has 4 heteroatoms. The second-order valence-electron chi connectivity index (χ2n) is 3.94. The van der Waals surface area contributed by atoms with Crippen molar-refractivity contribution in [3.05, 3.63) is 0 Å². The van der Waals surface area contributed by atoms with E-state index in [2.05, 4.69) is 31.1 Å². The summed E-state index contributed by atoms with van der Waals surface area (Å²) in [5, 5.41) is 11.6. The topological polar surface area (TPSA) is 48.2 Å². The van der Waals surface area contributed by atoms with Crippen molar-refractivity contribution >= 4 is 16.9 Å². The Bertz CT molecular complexity index is 210. The van der Waals surface area contributed by atoms with Gasteiger partial charge in [0.15, 0.2) is 11.4 Å². The van der Waals surface area contributed by atoms with Gasteiger partial charge in [0.05, 0.1) is 0 Å². The van der Waals surface area contributed by atoms with Gasteiger partial charge in [-0.2, -0.15) is 5.26 Å². The fourth-order valence-electron chi connectivity index (χ4n) is 0.696. The maximum atomic E-state index is 8.37. The summed E-state index contributed by atoms with van der Waals surface area (Å²) in [7, 11) is 0. The highest BCUT2D eigenvalue weighted by Gasteiger charge is 2.08. The van der Waals surface area contributed by atoms with Gasteiger partial charge in [-0.15, -0.1) is 0 Å². The molecule has 13 heavy (non-hydrogen) atoms. The van der Waals surface area contributed by atoms with E-state index in [1.165, 1.54) is 11.8 Å². The number of nitrogens with zero attached hydrogens (tertiary/aromatic N) is 2. The fourth-order valence-corrected chi connectivity index (χ4v) is 1.06. The third-order valence-corrected chi connectivity index (χ3v) is 2.09. The van der Waals surface area contributed by atoms with Crippen LogP contribution in [-0.4, -0.2) is 18.0 Å². The second-order valence-corrected chi connectivity index (χ2v) is 4.73. The average Bonchev–Trinajstić information content (AvgIpc) is 2.01. The van der Waals surface area contributed by atoms with Gasteiger partial charge in [0.2, 0.25) is 0 Å². The van der Waals surface area contributed by atoms with Crippen molar-refractivity contribution in [3.63, 3.8) is 0 Å². The molecule has 0 aromatic heterocycles. The van der Waals surface area contributed by atoms with E-state index in [4.69, 9.17) is 5.26 Å². The first-order chi connectivity index (χ1) is 5.99. The molecule has 0 radical (unpaired) electrons. The molecule has 0 atom stereocenters. The maximum absolute atomic E-state index is 8.37. The number of nitrogens with one attached hydrogen (secondary N) is 1. The van der Waals surface area contributed by atoms with E-state index >= 15 is 0 Å². The SMILES string of the molecule is CSC(=NCCC(C)(C)C)NC#N. The van der Waals surface area contributed by atoms with Gasteiger partial charge < -0.3 is 0 Å². The molecule has 0 aromatic carbocycles. The molecular weight excluding hydrogens is 182 g/mol. The Labute approximate surface area is 84.6 Å². The van der Waals surface area contributed by atoms with Crippen molar-refractivity contribution < 1.29 is 0 Å². The molecule has 74 valence electrons. The molecule has 0 aliphatic heterocycles. The van der Waals surface area contributed by atoms with Crippen LogP contribution >= 0.6 is 11.8 Å². The van der Waals surface area contributed by atoms with Gasteiger partial charge in [-0.1, -0.05) is 32.5 Å². The van der Waals surface area contributed by atoms with E-state index in [-0.39, 0.29) is 0 Å². The first-order valence-electron chi connectivity index (χ1n) is 4.23. The van der Waals surface area contributed by atoms with Crippen LogP contribution < -0.4 is 5.32 Å². The molecule has 3 nitrogen and oxygen atoms in total. The Morgan fingerprint density at radius 2 is 2.15 bits per heavy atom. The number of rotatable bonds is 2. The number of hydrogen-bond donors (Lipinski definition) is 1. The Morgan fingerprint density at radius 3 is 2.54 bits per heavy atom. The average molecular weight is 199 g/mol. The molecular formula is C9H17N3S. The van der Waals surface area contributed by atoms with Crippen LogP contribution in [0.5, 0.6) is 0 Å². The van der Waals surface area contributed by atoms with Gasteiger partial charge in [-0.25, -0.2) is 0 Å². The van der Waals surface area contributed by atoms with E-state index in [0.29, 0.717) is 10.6 Å². The summed E-state index contributed by atoms with van der Waals surface area (Å²) in [4.78, 5) is 4.26. The van der Waals surface area contributed by atoms with Crippen molar-refractivity contribution in [2.24, 2.45) is 10.4 Å². The van der Waals surface area contributed by atoms with Crippen molar-refractivity contribution in [1.29, 1.82) is 5.26 Å². The molecule has 0 unspecified atom stereocenters. The predicted octanol–water partition coefficient (Wildman–Crippen LogP) is 2.21. The van der Waals surface area contributed by atoms with Crippen LogP contribution in [0, 0.1) is 16.9 Å². The highest BCUT2D eigenvalue weighted by molar-refractivity contribution is 8.13. The molecule has 0 saturated heterocycles. The lowest BCUT2D eigenvalue weighted by Crippen LogP contribution is -2.15. The molecule has 1 N–H and O–H groups in total. The second kappa shape index (κ2) is 5.87. The molecule has 0 aliphatic carbocycles. The van der Waals surface area contributed by atoms with Crippen LogP contribution in [0.15, 0.2) is 4.99 Å². The van der Waals surface area contributed by atoms with Crippen LogP contribution in [0.1, 0.15) is 27.2 Å². The Hall–Kier alpha value is -0.690. The van der Waals surface area contributed by atoms with E-state index < -0.39 is 0 Å². The van der Waals surface area contributed by atoms with E-state index in [1.807, 2.05) is 12.4 Å². The monoisotopic (exact) mass is 199 g/mol. The third-order valence-electron chi connectivity index (χ3n) is 1.47. The zero-order chi connectivity index (χ0) is 10.3. The summed E-state index contributed by atoms with van der Waals surface area (Å²) >= 11 is 1.46. The molecule has 0 amide bonds. The largest absolute Gasteiger partial charge is 0.272 e. The van der Waals surface area contributed by atoms with Gasteiger partial charge in [-0.05, 0) is 18.1 Å². The van der Waals surface area contributed by atoms with Crippen LogP contribution in [0.2, 0.25) is 0 Å². The summed E-state index contributed by atoms with van der Waals surface area (Å²) in [6.45, 7) is 7.31. The summed E-state index contributed by atoms with van der Waals surface area (Å²) < 4.78 is 0. The quantitative estimate of drug-likeness (QED) is 0.321. The van der Waals surface area contributed by atoms with Crippen LogP contribution in [0.3, 0.4) is 0 Å². The number of amidine groups is 1.